The lowest BCUT2D eigenvalue weighted by atomic mass is 9.96. The van der Waals surface area contributed by atoms with Gasteiger partial charge in [0.25, 0.3) is 0 Å². The lowest BCUT2D eigenvalue weighted by molar-refractivity contribution is 0.479. The number of nitrogens with two attached hydrogens (primary N) is 1. The Balaban J connectivity index is 2.32. The van der Waals surface area contributed by atoms with E-state index in [1.807, 2.05) is 0 Å². The van der Waals surface area contributed by atoms with Gasteiger partial charge in [-0.15, -0.1) is 0 Å². The van der Waals surface area contributed by atoms with Gasteiger partial charge in [0, 0.05) is 12.0 Å². The normalized spacial score (nSPS) is 31.4. The van der Waals surface area contributed by atoms with E-state index in [0.717, 1.165) is 25.7 Å². The highest BCUT2D eigenvalue weighted by atomic mass is 14.6. The molecule has 0 aromatic carbocycles. The Morgan fingerprint density at radius 3 is 2.14 bits per heavy atom. The predicted octanol–water partition coefficient (Wildman–Crippen LogP) is 2.98. The number of rotatable bonds is 0. The molecule has 14 heavy (non-hydrogen) atoms. The molecule has 0 aromatic rings. The monoisotopic (exact) mass is 194 g/mol. The minimum atomic E-state index is 0.292. The van der Waals surface area contributed by atoms with Gasteiger partial charge in [0.2, 0.25) is 0 Å². The van der Waals surface area contributed by atoms with Crippen LogP contribution in [-0.2, 0) is 0 Å². The minimum absolute atomic E-state index is 0.292. The summed E-state index contributed by atoms with van der Waals surface area (Å²) in [6.45, 7) is 0. The van der Waals surface area contributed by atoms with Crippen LogP contribution in [0.15, 0.2) is 0 Å². The summed E-state index contributed by atoms with van der Waals surface area (Å²) < 4.78 is 0. The summed E-state index contributed by atoms with van der Waals surface area (Å²) in [4.78, 5) is 0. The van der Waals surface area contributed by atoms with Gasteiger partial charge in [0.1, 0.15) is 0 Å². The third-order valence-electron chi connectivity index (χ3n) is 3.19. The molecule has 2 N–H and O–H groups in total. The number of hydrogen-bond acceptors (Lipinski definition) is 2. The van der Waals surface area contributed by atoms with Crippen LogP contribution in [0.3, 0.4) is 0 Å². The first-order chi connectivity index (χ1) is 6.83. The molecule has 0 aliphatic heterocycles. The Bertz CT molecular complexity index is 183. The van der Waals surface area contributed by atoms with Crippen LogP contribution in [0.1, 0.15) is 57.8 Å². The van der Waals surface area contributed by atoms with Crippen molar-refractivity contribution < 1.29 is 0 Å². The van der Waals surface area contributed by atoms with E-state index in [1.165, 1.54) is 32.1 Å². The molecule has 0 spiro atoms. The SMILES string of the molecule is N#CC1CCCCCCC(N)CCC1. The van der Waals surface area contributed by atoms with Crippen molar-refractivity contribution in [3.8, 4) is 6.07 Å². The van der Waals surface area contributed by atoms with Crippen LogP contribution in [-0.4, -0.2) is 6.04 Å². The lowest BCUT2D eigenvalue weighted by Crippen LogP contribution is -2.19. The predicted molar refractivity (Wildman–Crippen MR) is 58.6 cm³/mol. The van der Waals surface area contributed by atoms with Crippen molar-refractivity contribution in [3.05, 3.63) is 0 Å². The van der Waals surface area contributed by atoms with Crippen LogP contribution in [0.25, 0.3) is 0 Å². The molecule has 0 radical (unpaired) electrons. The summed E-state index contributed by atoms with van der Waals surface area (Å²) >= 11 is 0. The third kappa shape index (κ3) is 4.62. The molecular formula is C12H22N2. The first kappa shape index (κ1) is 11.5. The molecule has 2 nitrogen and oxygen atoms in total. The fourth-order valence-corrected chi connectivity index (χ4v) is 2.20. The highest BCUT2D eigenvalue weighted by molar-refractivity contribution is 4.83. The summed E-state index contributed by atoms with van der Waals surface area (Å²) in [5.74, 6) is 0.292. The number of hydrogen-bond donors (Lipinski definition) is 1. The average molecular weight is 194 g/mol. The topological polar surface area (TPSA) is 49.8 Å². The maximum atomic E-state index is 8.92. The van der Waals surface area contributed by atoms with Gasteiger partial charge < -0.3 is 5.73 Å². The molecule has 0 bridgehead atoms. The van der Waals surface area contributed by atoms with Crippen LogP contribution in [0.2, 0.25) is 0 Å². The van der Waals surface area contributed by atoms with Gasteiger partial charge in [-0.1, -0.05) is 32.1 Å². The number of nitrogens with zero attached hydrogens (tertiary/aromatic N) is 1. The summed E-state index contributed by atoms with van der Waals surface area (Å²) in [6, 6.07) is 2.80. The smallest absolute Gasteiger partial charge is 0.0655 e. The van der Waals surface area contributed by atoms with Crippen molar-refractivity contribution in [2.45, 2.75) is 63.8 Å². The molecule has 80 valence electrons. The van der Waals surface area contributed by atoms with E-state index in [-0.39, 0.29) is 0 Å². The molecule has 1 aliphatic carbocycles. The van der Waals surface area contributed by atoms with Crippen molar-refractivity contribution in [2.75, 3.05) is 0 Å². The Hall–Kier alpha value is -0.550. The van der Waals surface area contributed by atoms with Gasteiger partial charge in [0.15, 0.2) is 0 Å². The summed E-state index contributed by atoms with van der Waals surface area (Å²) in [6.07, 6.45) is 10.7. The minimum Gasteiger partial charge on any atom is -0.328 e. The maximum Gasteiger partial charge on any atom is 0.0655 e. The molecule has 2 atom stereocenters. The first-order valence-electron chi connectivity index (χ1n) is 5.98. The highest BCUT2D eigenvalue weighted by Gasteiger charge is 2.10. The summed E-state index contributed by atoms with van der Waals surface area (Å²) in [7, 11) is 0. The largest absolute Gasteiger partial charge is 0.328 e. The van der Waals surface area contributed by atoms with E-state index >= 15 is 0 Å². The molecule has 2 unspecified atom stereocenters. The van der Waals surface area contributed by atoms with E-state index in [2.05, 4.69) is 6.07 Å². The molecule has 0 amide bonds. The fraction of sp³-hybridized carbons (Fsp3) is 0.917. The van der Waals surface area contributed by atoms with Crippen molar-refractivity contribution in [3.63, 3.8) is 0 Å². The molecule has 0 aromatic heterocycles. The van der Waals surface area contributed by atoms with Crippen molar-refractivity contribution in [1.29, 1.82) is 5.26 Å². The summed E-state index contributed by atoms with van der Waals surface area (Å²) in [5, 5.41) is 8.92. The molecule has 1 fully saturated rings. The van der Waals surface area contributed by atoms with Crippen molar-refractivity contribution >= 4 is 0 Å². The molecule has 0 heterocycles. The van der Waals surface area contributed by atoms with E-state index in [9.17, 15) is 0 Å². The third-order valence-corrected chi connectivity index (χ3v) is 3.19. The van der Waals surface area contributed by atoms with Crippen molar-refractivity contribution in [1.82, 2.24) is 0 Å². The van der Waals surface area contributed by atoms with Gasteiger partial charge in [-0.25, -0.2) is 0 Å². The molecule has 1 rings (SSSR count). The Kier molecular flexibility index (Phi) is 5.63. The summed E-state index contributed by atoms with van der Waals surface area (Å²) in [5.41, 5.74) is 5.98. The zero-order valence-electron chi connectivity index (χ0n) is 9.04. The quantitative estimate of drug-likeness (QED) is 0.644. The highest BCUT2D eigenvalue weighted by Crippen LogP contribution is 2.20. The standard InChI is InChI=1S/C12H22N2/c13-10-11-6-3-1-2-4-8-12(14)9-5-7-11/h11-12H,1-9,14H2. The van der Waals surface area contributed by atoms with Gasteiger partial charge >= 0.3 is 0 Å². The lowest BCUT2D eigenvalue weighted by Gasteiger charge is -2.10. The fourth-order valence-electron chi connectivity index (χ4n) is 2.20. The zero-order valence-corrected chi connectivity index (χ0v) is 9.04. The molecule has 0 saturated heterocycles. The average Bonchev–Trinajstić information content (AvgIpc) is 2.23. The number of nitriles is 1. The van der Waals surface area contributed by atoms with Crippen LogP contribution in [0.5, 0.6) is 0 Å². The zero-order chi connectivity index (χ0) is 10.2. The second-order valence-corrected chi connectivity index (χ2v) is 4.51. The first-order valence-corrected chi connectivity index (χ1v) is 5.98. The molecule has 1 aliphatic rings. The Labute approximate surface area is 87.5 Å². The second-order valence-electron chi connectivity index (χ2n) is 4.51. The van der Waals surface area contributed by atoms with Crippen LogP contribution < -0.4 is 5.73 Å². The Morgan fingerprint density at radius 2 is 1.43 bits per heavy atom. The second kappa shape index (κ2) is 6.84. The van der Waals surface area contributed by atoms with Gasteiger partial charge in [0.05, 0.1) is 6.07 Å². The van der Waals surface area contributed by atoms with Gasteiger partial charge in [-0.2, -0.15) is 5.26 Å². The maximum absolute atomic E-state index is 8.92. The van der Waals surface area contributed by atoms with Gasteiger partial charge in [-0.3, -0.25) is 0 Å². The van der Waals surface area contributed by atoms with E-state index < -0.39 is 0 Å². The van der Waals surface area contributed by atoms with Crippen LogP contribution >= 0.6 is 0 Å². The van der Waals surface area contributed by atoms with Crippen LogP contribution in [0.4, 0.5) is 0 Å². The van der Waals surface area contributed by atoms with Crippen molar-refractivity contribution in [2.24, 2.45) is 11.7 Å². The van der Waals surface area contributed by atoms with E-state index in [4.69, 9.17) is 11.0 Å². The Morgan fingerprint density at radius 1 is 0.857 bits per heavy atom. The van der Waals surface area contributed by atoms with Gasteiger partial charge in [-0.05, 0) is 25.7 Å². The van der Waals surface area contributed by atoms with E-state index in [0.29, 0.717) is 12.0 Å². The molecule has 1 saturated carbocycles. The molecule has 2 heteroatoms. The molecular weight excluding hydrogens is 172 g/mol. The van der Waals surface area contributed by atoms with E-state index in [1.54, 1.807) is 0 Å². The van der Waals surface area contributed by atoms with Crippen LogP contribution in [0, 0.1) is 17.2 Å².